The van der Waals surface area contributed by atoms with Crippen LogP contribution in [-0.2, 0) is 19.8 Å². The molecule has 0 spiro atoms. The molecule has 4 aromatic rings. The first-order valence-corrected chi connectivity index (χ1v) is 9.97. The molecular weight excluding hydrogens is 471 g/mol. The highest BCUT2D eigenvalue weighted by Crippen LogP contribution is 2.24. The molecule has 0 bridgehead atoms. The molecule has 0 aliphatic rings. The van der Waals surface area contributed by atoms with Crippen LogP contribution in [-0.4, -0.2) is 36.7 Å². The lowest BCUT2D eigenvalue weighted by Gasteiger charge is -2.11. The molecule has 0 radical (unpaired) electrons. The van der Waals surface area contributed by atoms with Gasteiger partial charge in [-0.25, -0.2) is 9.97 Å². The number of halogens is 2. The largest absolute Gasteiger partial charge is 0.495 e. The third kappa shape index (κ3) is 4.42. The molecule has 9 nitrogen and oxygen atoms in total. The van der Waals surface area contributed by atoms with E-state index in [1.807, 2.05) is 24.3 Å². The summed E-state index contributed by atoms with van der Waals surface area (Å²) in [6.45, 7) is 0.476. The van der Waals surface area contributed by atoms with Gasteiger partial charge < -0.3 is 20.3 Å². The van der Waals surface area contributed by atoms with Crippen molar-refractivity contribution in [2.24, 2.45) is 0 Å². The van der Waals surface area contributed by atoms with E-state index in [0.29, 0.717) is 39.6 Å². The third-order valence-electron chi connectivity index (χ3n) is 4.58. The monoisotopic (exact) mass is 488 g/mol. The Balaban J connectivity index is 1.53. The summed E-state index contributed by atoms with van der Waals surface area (Å²) in [7, 11) is 1.51. The smallest absolute Gasteiger partial charge is 0.312 e. The molecular formula is C20H18BrFN6O3. The average molecular weight is 489 g/mol. The number of imidazole rings is 1. The number of fused-ring (bicyclic) bond motifs is 1. The molecule has 3 N–H and O–H groups in total. The maximum Gasteiger partial charge on any atom is 0.312 e. The lowest BCUT2D eigenvalue weighted by atomic mass is 10.1. The molecule has 3 heterocycles. The number of benzene rings is 1. The van der Waals surface area contributed by atoms with Crippen LogP contribution in [0, 0.1) is 6.08 Å². The van der Waals surface area contributed by atoms with Crippen molar-refractivity contribution in [3.05, 3.63) is 64.0 Å². The number of hydrogen-bond acceptors (Lipinski definition) is 8. The fraction of sp³-hybridized carbons (Fsp3) is 0.200. The average Bonchev–Trinajstić information content (AvgIpc) is 3.08. The van der Waals surface area contributed by atoms with E-state index in [9.17, 15) is 9.50 Å². The van der Waals surface area contributed by atoms with E-state index >= 15 is 0 Å². The molecule has 0 amide bonds. The number of nitrogens with zero attached hydrogens (tertiary/aromatic N) is 5. The Morgan fingerprint density at radius 2 is 2.00 bits per heavy atom. The van der Waals surface area contributed by atoms with Gasteiger partial charge in [-0.2, -0.15) is 14.4 Å². The lowest BCUT2D eigenvalue weighted by molar-refractivity contribution is 0.266. The minimum atomic E-state index is -0.907. The number of anilines is 1. The number of rotatable bonds is 7. The number of pyridine rings is 1. The van der Waals surface area contributed by atoms with Gasteiger partial charge in [-0.3, -0.25) is 4.57 Å². The van der Waals surface area contributed by atoms with E-state index < -0.39 is 6.08 Å². The fourth-order valence-corrected chi connectivity index (χ4v) is 3.59. The van der Waals surface area contributed by atoms with Gasteiger partial charge in [0.1, 0.15) is 12.4 Å². The molecule has 1 aromatic carbocycles. The summed E-state index contributed by atoms with van der Waals surface area (Å²) in [6.07, 6.45) is 0.598. The maximum atomic E-state index is 13.6. The van der Waals surface area contributed by atoms with Crippen molar-refractivity contribution in [3.63, 3.8) is 0 Å². The van der Waals surface area contributed by atoms with E-state index in [-0.39, 0.29) is 19.0 Å². The Morgan fingerprint density at radius 3 is 2.77 bits per heavy atom. The first kappa shape index (κ1) is 20.9. The first-order valence-electron chi connectivity index (χ1n) is 9.17. The van der Waals surface area contributed by atoms with Crippen LogP contribution in [0.4, 0.5) is 10.2 Å². The Bertz CT molecular complexity index is 1250. The Labute approximate surface area is 184 Å². The second kappa shape index (κ2) is 8.82. The van der Waals surface area contributed by atoms with Gasteiger partial charge in [-0.15, -0.1) is 0 Å². The standard InChI is InChI=1S/C20H18BrFN6O3/c1-30-14-7-24-15(6-13(14)9-29)31-10-12-4-2-3-11(5-12)8-28-18-16(25-19(28)21)17(23)26-20(22)27-18/h2-7,29H,8-10H2,1H3,(H2,23,26,27). The molecule has 4 rings (SSSR count). The number of methoxy groups -OCH3 is 1. The van der Waals surface area contributed by atoms with Crippen LogP contribution in [0.2, 0.25) is 0 Å². The summed E-state index contributed by atoms with van der Waals surface area (Å²) in [5.74, 6) is 0.857. The zero-order chi connectivity index (χ0) is 22.0. The molecule has 0 saturated carbocycles. The van der Waals surface area contributed by atoms with Crippen molar-refractivity contribution in [1.29, 1.82) is 0 Å². The topological polar surface area (TPSA) is 121 Å². The number of hydrogen-bond donors (Lipinski definition) is 2. The molecule has 3 aromatic heterocycles. The molecule has 31 heavy (non-hydrogen) atoms. The third-order valence-corrected chi connectivity index (χ3v) is 5.19. The number of nitrogens with two attached hydrogens (primary N) is 1. The second-order valence-electron chi connectivity index (χ2n) is 6.62. The highest BCUT2D eigenvalue weighted by atomic mass is 79.9. The number of aliphatic hydroxyl groups excluding tert-OH is 1. The zero-order valence-electron chi connectivity index (χ0n) is 16.4. The zero-order valence-corrected chi connectivity index (χ0v) is 18.0. The van der Waals surface area contributed by atoms with Gasteiger partial charge in [-0.05, 0) is 27.1 Å². The number of aliphatic hydroxyl groups is 1. The summed E-state index contributed by atoms with van der Waals surface area (Å²) in [4.78, 5) is 15.8. The van der Waals surface area contributed by atoms with Gasteiger partial charge in [0.2, 0.25) is 5.88 Å². The number of ether oxygens (including phenoxy) is 2. The second-order valence-corrected chi connectivity index (χ2v) is 7.33. The highest BCUT2D eigenvalue weighted by Gasteiger charge is 2.16. The summed E-state index contributed by atoms with van der Waals surface area (Å²) < 4.78 is 26.7. The highest BCUT2D eigenvalue weighted by molar-refractivity contribution is 9.10. The van der Waals surface area contributed by atoms with Gasteiger partial charge >= 0.3 is 6.08 Å². The van der Waals surface area contributed by atoms with Crippen LogP contribution in [0.1, 0.15) is 16.7 Å². The van der Waals surface area contributed by atoms with E-state index in [4.69, 9.17) is 15.2 Å². The summed E-state index contributed by atoms with van der Waals surface area (Å²) in [6, 6.07) is 9.33. The van der Waals surface area contributed by atoms with E-state index in [1.54, 1.807) is 10.6 Å². The maximum absolute atomic E-state index is 13.6. The van der Waals surface area contributed by atoms with Crippen LogP contribution in [0.25, 0.3) is 11.2 Å². The van der Waals surface area contributed by atoms with Gasteiger partial charge in [0.15, 0.2) is 21.7 Å². The Hall–Kier alpha value is -3.31. The normalized spacial score (nSPS) is 11.1. The van der Waals surface area contributed by atoms with Crippen molar-refractivity contribution in [2.75, 3.05) is 12.8 Å². The van der Waals surface area contributed by atoms with Crippen molar-refractivity contribution in [3.8, 4) is 11.6 Å². The van der Waals surface area contributed by atoms with E-state index in [0.717, 1.165) is 11.1 Å². The Kier molecular flexibility index (Phi) is 5.96. The minimum absolute atomic E-state index is 0.0154. The van der Waals surface area contributed by atoms with Crippen molar-refractivity contribution in [2.45, 2.75) is 19.8 Å². The van der Waals surface area contributed by atoms with E-state index in [2.05, 4.69) is 35.9 Å². The number of nitrogen functional groups attached to an aromatic ring is 1. The van der Waals surface area contributed by atoms with Crippen LogP contribution in [0.3, 0.4) is 0 Å². The molecule has 0 unspecified atom stereocenters. The quantitative estimate of drug-likeness (QED) is 0.300. The molecule has 0 atom stereocenters. The van der Waals surface area contributed by atoms with Crippen molar-refractivity contribution in [1.82, 2.24) is 24.5 Å². The molecule has 0 aliphatic heterocycles. The SMILES string of the molecule is COc1cnc(OCc2cccc(Cn3c(Br)nc4c(N)nc(F)nc43)c2)cc1CO. The summed E-state index contributed by atoms with van der Waals surface area (Å²) in [5, 5.41) is 9.44. The molecule has 0 aliphatic carbocycles. The van der Waals surface area contributed by atoms with Crippen molar-refractivity contribution >= 4 is 32.9 Å². The van der Waals surface area contributed by atoms with Gasteiger partial charge in [-0.1, -0.05) is 24.3 Å². The van der Waals surface area contributed by atoms with Gasteiger partial charge in [0.05, 0.1) is 26.5 Å². The number of aromatic nitrogens is 5. The lowest BCUT2D eigenvalue weighted by Crippen LogP contribution is -2.05. The van der Waals surface area contributed by atoms with Crippen LogP contribution in [0.15, 0.2) is 41.3 Å². The summed E-state index contributed by atoms with van der Waals surface area (Å²) >= 11 is 3.37. The Morgan fingerprint density at radius 1 is 1.19 bits per heavy atom. The van der Waals surface area contributed by atoms with Gasteiger partial charge in [0.25, 0.3) is 0 Å². The molecule has 0 saturated heterocycles. The summed E-state index contributed by atoms with van der Waals surface area (Å²) in [5.41, 5.74) is 8.81. The van der Waals surface area contributed by atoms with Crippen LogP contribution in [0.5, 0.6) is 11.6 Å². The molecule has 0 fully saturated rings. The van der Waals surface area contributed by atoms with Crippen LogP contribution >= 0.6 is 15.9 Å². The van der Waals surface area contributed by atoms with Gasteiger partial charge in [0, 0.05) is 11.6 Å². The fourth-order valence-electron chi connectivity index (χ4n) is 3.11. The molecule has 11 heteroatoms. The van der Waals surface area contributed by atoms with Crippen molar-refractivity contribution < 1.29 is 19.0 Å². The minimum Gasteiger partial charge on any atom is -0.495 e. The first-order chi connectivity index (χ1) is 15.0. The molecule has 160 valence electrons. The predicted octanol–water partition coefficient (Wildman–Crippen LogP) is 2.83. The predicted molar refractivity (Wildman–Crippen MR) is 114 cm³/mol. The van der Waals surface area contributed by atoms with E-state index in [1.165, 1.54) is 13.3 Å². The van der Waals surface area contributed by atoms with Crippen LogP contribution < -0.4 is 15.2 Å².